The molecule has 0 saturated heterocycles. The van der Waals surface area contributed by atoms with Crippen LogP contribution in [0.15, 0.2) is 6.07 Å². The maximum absolute atomic E-state index is 14.1. The van der Waals surface area contributed by atoms with E-state index in [9.17, 15) is 35.1 Å². The maximum atomic E-state index is 14.1. The van der Waals surface area contributed by atoms with Crippen molar-refractivity contribution in [3.63, 3.8) is 0 Å². The minimum atomic E-state index is -6.25. The second-order valence-electron chi connectivity index (χ2n) is 4.53. The predicted molar refractivity (Wildman–Crippen MR) is 64.4 cm³/mol. The summed E-state index contributed by atoms with van der Waals surface area (Å²) in [5, 5.41) is 0. The molecule has 1 aromatic rings. The van der Waals surface area contributed by atoms with Gasteiger partial charge in [-0.1, -0.05) is 6.92 Å². The molecule has 0 aliphatic heterocycles. The molecule has 1 nitrogen and oxygen atoms in total. The molecule has 0 heterocycles. The fraction of sp³-hybridized carbons (Fsp3) is 0.538. The topological polar surface area (TPSA) is 3.24 Å². The van der Waals surface area contributed by atoms with Gasteiger partial charge in [0.25, 0.3) is 0 Å². The van der Waals surface area contributed by atoms with Gasteiger partial charge in [0.1, 0.15) is 5.56 Å². The van der Waals surface area contributed by atoms with Gasteiger partial charge in [0.15, 0.2) is 17.5 Å². The fourth-order valence-electron chi connectivity index (χ4n) is 1.96. The van der Waals surface area contributed by atoms with Crippen LogP contribution in [0.5, 0.6) is 0 Å². The highest BCUT2D eigenvalue weighted by molar-refractivity contribution is 5.52. The summed E-state index contributed by atoms with van der Waals surface area (Å²) < 4.78 is 105. The van der Waals surface area contributed by atoms with Gasteiger partial charge < -0.3 is 4.90 Å². The van der Waals surface area contributed by atoms with E-state index in [0.717, 1.165) is 4.90 Å². The van der Waals surface area contributed by atoms with Gasteiger partial charge in [-0.2, -0.15) is 22.0 Å². The first kappa shape index (κ1) is 18.5. The van der Waals surface area contributed by atoms with Gasteiger partial charge in [-0.05, 0) is 13.3 Å². The van der Waals surface area contributed by atoms with Gasteiger partial charge in [0, 0.05) is 19.2 Å². The Hall–Kier alpha value is -1.54. The van der Waals surface area contributed by atoms with Gasteiger partial charge >= 0.3 is 12.1 Å². The van der Waals surface area contributed by atoms with Crippen molar-refractivity contribution in [3.8, 4) is 0 Å². The summed E-state index contributed by atoms with van der Waals surface area (Å²) in [6.07, 6.45) is -5.85. The van der Waals surface area contributed by atoms with Crippen LogP contribution in [-0.4, -0.2) is 19.3 Å². The first-order valence-corrected chi connectivity index (χ1v) is 6.36. The standard InChI is InChI=1S/C13H13F8N/c1-3-5-22(4-2)8-6-7(14)10(15)9(11(8)16)12(17,18)13(19,20)21/h6H,3-5H2,1-2H3. The lowest BCUT2D eigenvalue weighted by atomic mass is 10.0. The molecule has 1 rings (SSSR count). The molecule has 0 radical (unpaired) electrons. The van der Waals surface area contributed by atoms with Crippen LogP contribution in [0.25, 0.3) is 0 Å². The number of hydrogen-bond acceptors (Lipinski definition) is 1. The third-order valence-corrected chi connectivity index (χ3v) is 3.02. The highest BCUT2D eigenvalue weighted by Gasteiger charge is 2.62. The van der Waals surface area contributed by atoms with Crippen LogP contribution in [0.1, 0.15) is 25.8 Å². The highest BCUT2D eigenvalue weighted by Crippen LogP contribution is 2.47. The van der Waals surface area contributed by atoms with Crippen LogP contribution in [0.3, 0.4) is 0 Å². The van der Waals surface area contributed by atoms with E-state index >= 15 is 0 Å². The summed E-state index contributed by atoms with van der Waals surface area (Å²) in [4.78, 5) is 1.05. The molecule has 0 unspecified atom stereocenters. The van der Waals surface area contributed by atoms with Crippen molar-refractivity contribution in [2.75, 3.05) is 18.0 Å². The minimum Gasteiger partial charge on any atom is -0.369 e. The zero-order valence-corrected chi connectivity index (χ0v) is 11.7. The number of hydrogen-bond donors (Lipinski definition) is 0. The van der Waals surface area contributed by atoms with E-state index in [1.54, 1.807) is 6.92 Å². The van der Waals surface area contributed by atoms with E-state index in [0.29, 0.717) is 6.42 Å². The van der Waals surface area contributed by atoms with Crippen molar-refractivity contribution in [1.82, 2.24) is 0 Å². The summed E-state index contributed by atoms with van der Waals surface area (Å²) in [7, 11) is 0. The monoisotopic (exact) mass is 335 g/mol. The smallest absolute Gasteiger partial charge is 0.369 e. The predicted octanol–water partition coefficient (Wildman–Crippen LogP) is 4.99. The minimum absolute atomic E-state index is 0.0207. The molecule has 0 aliphatic rings. The molecule has 0 saturated carbocycles. The molecule has 0 N–H and O–H groups in total. The van der Waals surface area contributed by atoms with Crippen molar-refractivity contribution in [3.05, 3.63) is 29.1 Å². The number of anilines is 1. The highest BCUT2D eigenvalue weighted by atomic mass is 19.4. The van der Waals surface area contributed by atoms with Gasteiger partial charge in [-0.15, -0.1) is 0 Å². The molecule has 126 valence electrons. The van der Waals surface area contributed by atoms with Crippen LogP contribution in [0, 0.1) is 17.5 Å². The molecule has 0 bridgehead atoms. The molecular weight excluding hydrogens is 322 g/mol. The van der Waals surface area contributed by atoms with Crippen LogP contribution in [0.4, 0.5) is 40.8 Å². The molecule has 9 heteroatoms. The second kappa shape index (κ2) is 6.29. The summed E-state index contributed by atoms with van der Waals surface area (Å²) in [6.45, 7) is 3.21. The van der Waals surface area contributed by atoms with Crippen molar-refractivity contribution < 1.29 is 35.1 Å². The molecular formula is C13H13F8N. The Kier molecular flexibility index (Phi) is 5.30. The zero-order valence-electron chi connectivity index (χ0n) is 11.7. The van der Waals surface area contributed by atoms with E-state index in [2.05, 4.69) is 0 Å². The van der Waals surface area contributed by atoms with Gasteiger partial charge in [-0.3, -0.25) is 0 Å². The average molecular weight is 335 g/mol. The maximum Gasteiger partial charge on any atom is 0.458 e. The summed E-state index contributed by atoms with van der Waals surface area (Å²) in [5.41, 5.74) is -3.45. The number of alkyl halides is 5. The Morgan fingerprint density at radius 3 is 1.91 bits per heavy atom. The first-order valence-electron chi connectivity index (χ1n) is 6.36. The number of nitrogens with zero attached hydrogens (tertiary/aromatic N) is 1. The molecule has 0 amide bonds. The average Bonchev–Trinajstić information content (AvgIpc) is 2.39. The molecule has 0 aromatic heterocycles. The lowest BCUT2D eigenvalue weighted by Crippen LogP contribution is -2.37. The van der Waals surface area contributed by atoms with E-state index < -0.39 is 40.8 Å². The summed E-state index contributed by atoms with van der Waals surface area (Å²) in [5.74, 6) is -12.5. The number of rotatable bonds is 5. The molecule has 0 fully saturated rings. The van der Waals surface area contributed by atoms with Gasteiger partial charge in [0.05, 0.1) is 5.69 Å². The Labute approximate surface area is 121 Å². The van der Waals surface area contributed by atoms with E-state index in [1.807, 2.05) is 0 Å². The van der Waals surface area contributed by atoms with E-state index in [-0.39, 0.29) is 19.2 Å². The largest absolute Gasteiger partial charge is 0.458 e. The number of halogens is 8. The third-order valence-electron chi connectivity index (χ3n) is 3.02. The first-order chi connectivity index (χ1) is 9.98. The van der Waals surface area contributed by atoms with Crippen molar-refractivity contribution in [2.45, 2.75) is 32.4 Å². The lowest BCUT2D eigenvalue weighted by Gasteiger charge is -2.27. The summed E-state index contributed by atoms with van der Waals surface area (Å²) >= 11 is 0. The Balaban J connectivity index is 3.63. The van der Waals surface area contributed by atoms with E-state index in [4.69, 9.17) is 0 Å². The second-order valence-corrected chi connectivity index (χ2v) is 4.53. The zero-order chi connectivity index (χ0) is 17.3. The third kappa shape index (κ3) is 3.12. The molecule has 0 spiro atoms. The Bertz CT molecular complexity index is 538. The quantitative estimate of drug-likeness (QED) is 0.541. The van der Waals surface area contributed by atoms with Crippen LogP contribution >= 0.6 is 0 Å². The van der Waals surface area contributed by atoms with Crippen LogP contribution < -0.4 is 4.90 Å². The Morgan fingerprint density at radius 1 is 0.955 bits per heavy atom. The molecule has 22 heavy (non-hydrogen) atoms. The SMILES string of the molecule is CCCN(CC)c1cc(F)c(F)c(C(F)(F)C(F)(F)F)c1F. The normalized spacial score (nSPS) is 12.6. The van der Waals surface area contributed by atoms with Gasteiger partial charge in [0.2, 0.25) is 0 Å². The number of benzene rings is 1. The van der Waals surface area contributed by atoms with Crippen molar-refractivity contribution in [2.24, 2.45) is 0 Å². The Morgan fingerprint density at radius 2 is 1.50 bits per heavy atom. The van der Waals surface area contributed by atoms with Gasteiger partial charge in [-0.25, -0.2) is 13.2 Å². The van der Waals surface area contributed by atoms with Crippen molar-refractivity contribution in [1.29, 1.82) is 0 Å². The van der Waals surface area contributed by atoms with Crippen LogP contribution in [0.2, 0.25) is 0 Å². The molecule has 0 aliphatic carbocycles. The molecule has 1 aromatic carbocycles. The van der Waals surface area contributed by atoms with Crippen LogP contribution in [-0.2, 0) is 5.92 Å². The van der Waals surface area contributed by atoms with Crippen molar-refractivity contribution >= 4 is 5.69 Å². The fourth-order valence-corrected chi connectivity index (χ4v) is 1.96. The summed E-state index contributed by atoms with van der Waals surface area (Å²) in [6, 6.07) is 0.278. The van der Waals surface area contributed by atoms with E-state index in [1.165, 1.54) is 6.92 Å². The lowest BCUT2D eigenvalue weighted by molar-refractivity contribution is -0.291. The molecule has 0 atom stereocenters.